The standard InChI is InChI=1S/C22H22N2O3/c1-25-14-8-13-20-15-21(26-16-18-9-4-2-5-10-18)22(24-23-20)27-17-19-11-6-3-7-12-19/h2-13,15H,14,16-17H2,1H3/b13-8+. The van der Waals surface area contributed by atoms with E-state index in [0.717, 1.165) is 11.1 Å². The van der Waals surface area contributed by atoms with Crippen LogP contribution in [0.4, 0.5) is 0 Å². The van der Waals surface area contributed by atoms with Crippen LogP contribution in [0.3, 0.4) is 0 Å². The maximum absolute atomic E-state index is 5.97. The van der Waals surface area contributed by atoms with E-state index < -0.39 is 0 Å². The lowest BCUT2D eigenvalue weighted by molar-refractivity contribution is 0.234. The fraction of sp³-hybridized carbons (Fsp3) is 0.182. The predicted octanol–water partition coefficient (Wildman–Crippen LogP) is 4.29. The molecule has 0 aliphatic heterocycles. The summed E-state index contributed by atoms with van der Waals surface area (Å²) in [5.41, 5.74) is 2.80. The summed E-state index contributed by atoms with van der Waals surface area (Å²) in [6, 6.07) is 21.7. The van der Waals surface area contributed by atoms with E-state index in [1.54, 1.807) is 7.11 Å². The molecule has 1 heterocycles. The Kier molecular flexibility index (Phi) is 6.95. The fourth-order valence-electron chi connectivity index (χ4n) is 2.39. The molecule has 0 bridgehead atoms. The minimum atomic E-state index is 0.374. The van der Waals surface area contributed by atoms with Crippen LogP contribution in [-0.2, 0) is 18.0 Å². The van der Waals surface area contributed by atoms with Crippen molar-refractivity contribution in [1.82, 2.24) is 10.2 Å². The Morgan fingerprint density at radius 3 is 2.07 bits per heavy atom. The maximum atomic E-state index is 5.97. The van der Waals surface area contributed by atoms with Crippen molar-refractivity contribution in [2.75, 3.05) is 13.7 Å². The molecular formula is C22H22N2O3. The number of aromatic nitrogens is 2. The molecule has 0 saturated heterocycles. The van der Waals surface area contributed by atoms with Crippen LogP contribution in [0.2, 0.25) is 0 Å². The summed E-state index contributed by atoms with van der Waals surface area (Å²) < 4.78 is 16.8. The van der Waals surface area contributed by atoms with E-state index in [-0.39, 0.29) is 0 Å². The summed E-state index contributed by atoms with van der Waals surface area (Å²) in [6.45, 7) is 1.33. The quantitative estimate of drug-likeness (QED) is 0.568. The third-order valence-electron chi connectivity index (χ3n) is 3.75. The van der Waals surface area contributed by atoms with E-state index in [2.05, 4.69) is 10.2 Å². The largest absolute Gasteiger partial charge is 0.483 e. The van der Waals surface area contributed by atoms with E-state index in [9.17, 15) is 0 Å². The molecule has 0 aliphatic carbocycles. The molecule has 3 rings (SSSR count). The first kappa shape index (κ1) is 18.6. The highest BCUT2D eigenvalue weighted by Crippen LogP contribution is 2.26. The SMILES string of the molecule is COC/C=C/c1cc(OCc2ccccc2)c(OCc2ccccc2)nn1. The van der Waals surface area contributed by atoms with Crippen LogP contribution in [-0.4, -0.2) is 23.9 Å². The van der Waals surface area contributed by atoms with Gasteiger partial charge < -0.3 is 14.2 Å². The van der Waals surface area contributed by atoms with Gasteiger partial charge in [0.1, 0.15) is 13.2 Å². The molecule has 27 heavy (non-hydrogen) atoms. The Morgan fingerprint density at radius 1 is 0.815 bits per heavy atom. The van der Waals surface area contributed by atoms with E-state index in [1.807, 2.05) is 78.9 Å². The van der Waals surface area contributed by atoms with Crippen molar-refractivity contribution in [3.63, 3.8) is 0 Å². The second-order valence-corrected chi connectivity index (χ2v) is 5.84. The molecule has 0 fully saturated rings. The molecule has 3 aromatic rings. The summed E-state index contributed by atoms with van der Waals surface area (Å²) >= 11 is 0. The Labute approximate surface area is 159 Å². The van der Waals surface area contributed by atoms with E-state index in [0.29, 0.717) is 37.1 Å². The van der Waals surface area contributed by atoms with Crippen LogP contribution in [0.1, 0.15) is 16.8 Å². The van der Waals surface area contributed by atoms with Gasteiger partial charge in [0, 0.05) is 13.2 Å². The summed E-state index contributed by atoms with van der Waals surface area (Å²) in [6.07, 6.45) is 3.71. The van der Waals surface area contributed by atoms with E-state index >= 15 is 0 Å². The molecule has 0 radical (unpaired) electrons. The molecule has 5 heteroatoms. The molecular weight excluding hydrogens is 340 g/mol. The summed E-state index contributed by atoms with van der Waals surface area (Å²) in [4.78, 5) is 0. The van der Waals surface area contributed by atoms with Gasteiger partial charge in [-0.05, 0) is 17.2 Å². The van der Waals surface area contributed by atoms with Crippen LogP contribution < -0.4 is 9.47 Å². The second-order valence-electron chi connectivity index (χ2n) is 5.84. The molecule has 0 atom stereocenters. The fourth-order valence-corrected chi connectivity index (χ4v) is 2.39. The minimum absolute atomic E-state index is 0.374. The first-order chi connectivity index (χ1) is 13.3. The summed E-state index contributed by atoms with van der Waals surface area (Å²) in [5.74, 6) is 0.931. The molecule has 0 N–H and O–H groups in total. The molecule has 0 unspecified atom stereocenters. The zero-order valence-corrected chi connectivity index (χ0v) is 15.2. The topological polar surface area (TPSA) is 53.5 Å². The van der Waals surface area contributed by atoms with Crippen molar-refractivity contribution in [2.24, 2.45) is 0 Å². The minimum Gasteiger partial charge on any atom is -0.483 e. The lowest BCUT2D eigenvalue weighted by Gasteiger charge is -2.12. The van der Waals surface area contributed by atoms with Crippen molar-refractivity contribution < 1.29 is 14.2 Å². The molecule has 0 amide bonds. The molecule has 2 aromatic carbocycles. The van der Waals surface area contributed by atoms with Crippen molar-refractivity contribution in [1.29, 1.82) is 0 Å². The van der Waals surface area contributed by atoms with Gasteiger partial charge in [-0.25, -0.2) is 0 Å². The maximum Gasteiger partial charge on any atom is 0.276 e. The normalized spacial score (nSPS) is 10.9. The highest BCUT2D eigenvalue weighted by Gasteiger charge is 2.10. The first-order valence-corrected chi connectivity index (χ1v) is 8.72. The third-order valence-corrected chi connectivity index (χ3v) is 3.75. The van der Waals surface area contributed by atoms with E-state index in [4.69, 9.17) is 14.2 Å². The van der Waals surface area contributed by atoms with Gasteiger partial charge in [-0.3, -0.25) is 0 Å². The molecule has 138 valence electrons. The lowest BCUT2D eigenvalue weighted by Crippen LogP contribution is -2.04. The summed E-state index contributed by atoms with van der Waals surface area (Å²) in [7, 11) is 1.64. The zero-order valence-electron chi connectivity index (χ0n) is 15.2. The number of methoxy groups -OCH3 is 1. The van der Waals surface area contributed by atoms with Crippen molar-refractivity contribution in [3.05, 3.63) is 89.6 Å². The highest BCUT2D eigenvalue weighted by atomic mass is 16.5. The zero-order chi connectivity index (χ0) is 18.7. The number of hydrogen-bond acceptors (Lipinski definition) is 5. The number of hydrogen-bond donors (Lipinski definition) is 0. The van der Waals surface area contributed by atoms with Crippen molar-refractivity contribution >= 4 is 6.08 Å². The second kappa shape index (κ2) is 10.1. The average molecular weight is 362 g/mol. The van der Waals surface area contributed by atoms with Crippen LogP contribution in [0, 0.1) is 0 Å². The van der Waals surface area contributed by atoms with Gasteiger partial charge in [-0.1, -0.05) is 66.7 Å². The first-order valence-electron chi connectivity index (χ1n) is 8.72. The average Bonchev–Trinajstić information content (AvgIpc) is 2.73. The molecule has 0 aliphatic rings. The summed E-state index contributed by atoms with van der Waals surface area (Å²) in [5, 5.41) is 8.38. The number of nitrogens with zero attached hydrogens (tertiary/aromatic N) is 2. The van der Waals surface area contributed by atoms with Gasteiger partial charge in [0.25, 0.3) is 5.88 Å². The van der Waals surface area contributed by atoms with Crippen molar-refractivity contribution in [3.8, 4) is 11.6 Å². The van der Waals surface area contributed by atoms with E-state index in [1.165, 1.54) is 0 Å². The Balaban J connectivity index is 1.75. The van der Waals surface area contributed by atoms with Crippen molar-refractivity contribution in [2.45, 2.75) is 13.2 Å². The Morgan fingerprint density at radius 2 is 1.44 bits per heavy atom. The highest BCUT2D eigenvalue weighted by molar-refractivity contribution is 5.48. The van der Waals surface area contributed by atoms with Gasteiger partial charge in [0.05, 0.1) is 12.3 Å². The Bertz CT molecular complexity index is 852. The van der Waals surface area contributed by atoms with Gasteiger partial charge >= 0.3 is 0 Å². The molecule has 0 saturated carbocycles. The number of rotatable bonds is 9. The molecule has 1 aromatic heterocycles. The predicted molar refractivity (Wildman–Crippen MR) is 104 cm³/mol. The van der Waals surface area contributed by atoms with Crippen LogP contribution >= 0.6 is 0 Å². The molecule has 5 nitrogen and oxygen atoms in total. The number of ether oxygens (including phenoxy) is 3. The van der Waals surface area contributed by atoms with Gasteiger partial charge in [-0.2, -0.15) is 0 Å². The smallest absolute Gasteiger partial charge is 0.276 e. The van der Waals surface area contributed by atoms with Gasteiger partial charge in [0.15, 0.2) is 5.75 Å². The monoisotopic (exact) mass is 362 g/mol. The molecule has 0 spiro atoms. The van der Waals surface area contributed by atoms with Crippen LogP contribution in [0.15, 0.2) is 72.8 Å². The lowest BCUT2D eigenvalue weighted by atomic mass is 10.2. The van der Waals surface area contributed by atoms with Gasteiger partial charge in [-0.15, -0.1) is 10.2 Å². The third kappa shape index (κ3) is 5.94. The van der Waals surface area contributed by atoms with Crippen LogP contribution in [0.25, 0.3) is 6.08 Å². The van der Waals surface area contributed by atoms with Gasteiger partial charge in [0.2, 0.25) is 0 Å². The Hall–Kier alpha value is -3.18. The van der Waals surface area contributed by atoms with Crippen LogP contribution in [0.5, 0.6) is 11.6 Å². The number of benzene rings is 2.